The summed E-state index contributed by atoms with van der Waals surface area (Å²) in [5.74, 6) is -0.397. The van der Waals surface area contributed by atoms with Crippen LogP contribution >= 0.6 is 0 Å². The van der Waals surface area contributed by atoms with Gasteiger partial charge in [-0.1, -0.05) is 24.3 Å². The van der Waals surface area contributed by atoms with E-state index in [2.05, 4.69) is 0 Å². The SMILES string of the molecule is COc1cccc(/C=C/C(=O)OCCCN2C(=O)c3ccccc3C2=O)c1. The Morgan fingerprint density at radius 3 is 2.41 bits per heavy atom. The first kappa shape index (κ1) is 18.4. The third kappa shape index (κ3) is 4.23. The van der Waals surface area contributed by atoms with Crippen LogP contribution in [0.2, 0.25) is 0 Å². The summed E-state index contributed by atoms with van der Waals surface area (Å²) in [7, 11) is 1.57. The fraction of sp³-hybridized carbons (Fsp3) is 0.190. The summed E-state index contributed by atoms with van der Waals surface area (Å²) in [6.45, 7) is 0.327. The number of methoxy groups -OCH3 is 1. The highest BCUT2D eigenvalue weighted by Gasteiger charge is 2.34. The minimum Gasteiger partial charge on any atom is -0.497 e. The second kappa shape index (κ2) is 8.31. The second-order valence-electron chi connectivity index (χ2n) is 5.94. The van der Waals surface area contributed by atoms with Gasteiger partial charge >= 0.3 is 5.97 Å². The molecule has 0 aliphatic carbocycles. The third-order valence-corrected chi connectivity index (χ3v) is 4.15. The summed E-state index contributed by atoms with van der Waals surface area (Å²) in [5.41, 5.74) is 1.65. The van der Waals surface area contributed by atoms with Crippen LogP contribution in [0.3, 0.4) is 0 Å². The average Bonchev–Trinajstić information content (AvgIpc) is 2.94. The van der Waals surface area contributed by atoms with Gasteiger partial charge in [-0.25, -0.2) is 4.79 Å². The monoisotopic (exact) mass is 365 g/mol. The first-order valence-corrected chi connectivity index (χ1v) is 8.54. The Balaban J connectivity index is 1.45. The molecule has 3 rings (SSSR count). The van der Waals surface area contributed by atoms with Crippen molar-refractivity contribution in [2.24, 2.45) is 0 Å². The Bertz CT molecular complexity index is 868. The fourth-order valence-electron chi connectivity index (χ4n) is 2.80. The van der Waals surface area contributed by atoms with Gasteiger partial charge in [0.2, 0.25) is 0 Å². The van der Waals surface area contributed by atoms with Gasteiger partial charge in [0.15, 0.2) is 0 Å². The Kier molecular flexibility index (Phi) is 5.66. The zero-order valence-corrected chi connectivity index (χ0v) is 14.9. The Hall–Kier alpha value is -3.41. The summed E-state index contributed by atoms with van der Waals surface area (Å²) < 4.78 is 10.2. The Morgan fingerprint density at radius 1 is 1.04 bits per heavy atom. The van der Waals surface area contributed by atoms with Crippen LogP contribution in [0.4, 0.5) is 0 Å². The van der Waals surface area contributed by atoms with E-state index >= 15 is 0 Å². The maximum atomic E-state index is 12.2. The van der Waals surface area contributed by atoms with Crippen LogP contribution in [0.15, 0.2) is 54.6 Å². The topological polar surface area (TPSA) is 72.9 Å². The largest absolute Gasteiger partial charge is 0.497 e. The van der Waals surface area contributed by atoms with E-state index in [1.54, 1.807) is 43.5 Å². The molecule has 2 amide bonds. The molecule has 138 valence electrons. The second-order valence-corrected chi connectivity index (χ2v) is 5.94. The smallest absolute Gasteiger partial charge is 0.330 e. The predicted octanol–water partition coefficient (Wildman–Crippen LogP) is 2.94. The molecular formula is C21H19NO5. The molecular weight excluding hydrogens is 346 g/mol. The molecule has 0 fully saturated rings. The molecule has 0 atom stereocenters. The molecule has 0 radical (unpaired) electrons. The summed E-state index contributed by atoms with van der Waals surface area (Å²) in [6.07, 6.45) is 3.34. The minimum atomic E-state index is -0.486. The molecule has 0 saturated heterocycles. The van der Waals surface area contributed by atoms with Crippen molar-refractivity contribution < 1.29 is 23.9 Å². The van der Waals surface area contributed by atoms with Crippen LogP contribution in [-0.2, 0) is 9.53 Å². The number of hydrogen-bond acceptors (Lipinski definition) is 5. The van der Waals surface area contributed by atoms with E-state index in [4.69, 9.17) is 9.47 Å². The van der Waals surface area contributed by atoms with Gasteiger partial charge in [-0.05, 0) is 42.3 Å². The highest BCUT2D eigenvalue weighted by Crippen LogP contribution is 2.22. The van der Waals surface area contributed by atoms with Crippen molar-refractivity contribution in [1.82, 2.24) is 4.90 Å². The molecule has 0 spiro atoms. The number of carbonyl (C=O) groups is 3. The van der Waals surface area contributed by atoms with E-state index in [-0.39, 0.29) is 25.0 Å². The van der Waals surface area contributed by atoms with Crippen LogP contribution in [-0.4, -0.2) is 42.9 Å². The van der Waals surface area contributed by atoms with Crippen molar-refractivity contribution in [2.45, 2.75) is 6.42 Å². The van der Waals surface area contributed by atoms with Gasteiger partial charge in [0.1, 0.15) is 5.75 Å². The average molecular weight is 365 g/mol. The quantitative estimate of drug-likeness (QED) is 0.326. The van der Waals surface area contributed by atoms with Crippen LogP contribution in [0.25, 0.3) is 6.08 Å². The van der Waals surface area contributed by atoms with Crippen molar-refractivity contribution in [3.8, 4) is 5.75 Å². The molecule has 1 heterocycles. The lowest BCUT2D eigenvalue weighted by atomic mass is 10.1. The minimum absolute atomic E-state index is 0.120. The number of rotatable bonds is 7. The molecule has 2 aromatic rings. The Morgan fingerprint density at radius 2 is 1.74 bits per heavy atom. The van der Waals surface area contributed by atoms with E-state index < -0.39 is 5.97 Å². The van der Waals surface area contributed by atoms with Gasteiger partial charge in [-0.15, -0.1) is 0 Å². The summed E-state index contributed by atoms with van der Waals surface area (Å²) in [6, 6.07) is 14.0. The lowest BCUT2D eigenvalue weighted by Crippen LogP contribution is -2.31. The van der Waals surface area contributed by atoms with Crippen molar-refractivity contribution in [2.75, 3.05) is 20.3 Å². The number of esters is 1. The molecule has 0 N–H and O–H groups in total. The van der Waals surface area contributed by atoms with Gasteiger partial charge in [0.25, 0.3) is 11.8 Å². The van der Waals surface area contributed by atoms with Gasteiger partial charge in [0, 0.05) is 12.6 Å². The number of nitrogens with zero attached hydrogens (tertiary/aromatic N) is 1. The van der Waals surface area contributed by atoms with Gasteiger partial charge < -0.3 is 9.47 Å². The number of carbonyl (C=O) groups excluding carboxylic acids is 3. The lowest BCUT2D eigenvalue weighted by molar-refractivity contribution is -0.137. The molecule has 1 aliphatic rings. The molecule has 0 saturated carbocycles. The number of fused-ring (bicyclic) bond motifs is 1. The first-order chi connectivity index (χ1) is 13.1. The standard InChI is InChI=1S/C21H19NO5/c1-26-16-7-4-6-15(14-16)10-11-19(23)27-13-5-12-22-20(24)17-8-2-3-9-18(17)21(22)25/h2-4,6-11,14H,5,12-13H2,1H3/b11-10+. The maximum Gasteiger partial charge on any atom is 0.330 e. The summed E-state index contributed by atoms with van der Waals surface area (Å²) in [4.78, 5) is 37.4. The third-order valence-electron chi connectivity index (χ3n) is 4.15. The van der Waals surface area contributed by atoms with Gasteiger partial charge in [-0.2, -0.15) is 0 Å². The van der Waals surface area contributed by atoms with Crippen molar-refractivity contribution in [3.63, 3.8) is 0 Å². The molecule has 1 aliphatic heterocycles. The molecule has 0 aromatic heterocycles. The van der Waals surface area contributed by atoms with Crippen molar-refractivity contribution in [3.05, 3.63) is 71.3 Å². The summed E-state index contributed by atoms with van der Waals surface area (Å²) in [5, 5.41) is 0. The molecule has 6 heteroatoms. The molecule has 0 unspecified atom stereocenters. The van der Waals surface area contributed by atoms with Gasteiger partial charge in [0.05, 0.1) is 24.8 Å². The lowest BCUT2D eigenvalue weighted by Gasteiger charge is -2.13. The highest BCUT2D eigenvalue weighted by atomic mass is 16.5. The Labute approximate surface area is 157 Å². The maximum absolute atomic E-state index is 12.2. The summed E-state index contributed by atoms with van der Waals surface area (Å²) >= 11 is 0. The van der Waals surface area contributed by atoms with Crippen LogP contribution in [0, 0.1) is 0 Å². The number of imide groups is 1. The van der Waals surface area contributed by atoms with Crippen LogP contribution in [0.5, 0.6) is 5.75 Å². The zero-order valence-electron chi connectivity index (χ0n) is 14.9. The number of amides is 2. The fourth-order valence-corrected chi connectivity index (χ4v) is 2.80. The number of ether oxygens (including phenoxy) is 2. The first-order valence-electron chi connectivity index (χ1n) is 8.54. The molecule has 0 bridgehead atoms. The predicted molar refractivity (Wildman–Crippen MR) is 99.4 cm³/mol. The number of hydrogen-bond donors (Lipinski definition) is 0. The van der Waals surface area contributed by atoms with Crippen molar-refractivity contribution in [1.29, 1.82) is 0 Å². The normalized spacial score (nSPS) is 13.1. The van der Waals surface area contributed by atoms with E-state index in [1.165, 1.54) is 11.0 Å². The van der Waals surface area contributed by atoms with E-state index in [9.17, 15) is 14.4 Å². The molecule has 6 nitrogen and oxygen atoms in total. The van der Waals surface area contributed by atoms with E-state index in [1.807, 2.05) is 18.2 Å². The van der Waals surface area contributed by atoms with Crippen molar-refractivity contribution >= 4 is 23.9 Å². The zero-order chi connectivity index (χ0) is 19.2. The highest BCUT2D eigenvalue weighted by molar-refractivity contribution is 6.21. The van der Waals surface area contributed by atoms with Crippen LogP contribution < -0.4 is 4.74 Å². The molecule has 2 aromatic carbocycles. The van der Waals surface area contributed by atoms with Gasteiger partial charge in [-0.3, -0.25) is 14.5 Å². The van der Waals surface area contributed by atoms with Crippen LogP contribution in [0.1, 0.15) is 32.7 Å². The number of benzene rings is 2. The van der Waals surface area contributed by atoms with E-state index in [0.717, 1.165) is 5.56 Å². The molecule has 27 heavy (non-hydrogen) atoms. The van der Waals surface area contributed by atoms with E-state index in [0.29, 0.717) is 23.3 Å².